The van der Waals surface area contributed by atoms with Crippen molar-refractivity contribution in [2.24, 2.45) is 5.41 Å². The fraction of sp³-hybridized carbons (Fsp3) is 0.538. The van der Waals surface area contributed by atoms with Gasteiger partial charge in [0.25, 0.3) is 0 Å². The Balaban J connectivity index is 2.10. The Morgan fingerprint density at radius 2 is 2.05 bits per heavy atom. The third-order valence-electron chi connectivity index (χ3n) is 3.47. The van der Waals surface area contributed by atoms with Crippen LogP contribution in [0.3, 0.4) is 0 Å². The number of halogens is 3. The molecule has 0 bridgehead atoms. The molecule has 8 heteroatoms. The Labute approximate surface area is 136 Å². The molecule has 0 atom stereocenters. The highest BCUT2D eigenvalue weighted by Gasteiger charge is 2.37. The molecule has 0 spiro atoms. The summed E-state index contributed by atoms with van der Waals surface area (Å²) in [6, 6.07) is 4.42. The Bertz CT molecular complexity index is 602. The quantitative estimate of drug-likeness (QED) is 0.710. The predicted molar refractivity (Wildman–Crippen MR) is 81.7 cm³/mol. The molecule has 118 valence electrons. The van der Waals surface area contributed by atoms with Crippen LogP contribution in [0.15, 0.2) is 22.7 Å². The average molecular weight is 402 g/mol. The highest BCUT2D eigenvalue weighted by atomic mass is 79.9. The van der Waals surface area contributed by atoms with E-state index in [2.05, 4.69) is 15.9 Å². The maximum Gasteiger partial charge on any atom is 0.233 e. The first-order valence-corrected chi connectivity index (χ1v) is 9.65. The van der Waals surface area contributed by atoms with Crippen molar-refractivity contribution < 1.29 is 22.3 Å². The first kappa shape index (κ1) is 17.0. The van der Waals surface area contributed by atoms with E-state index in [4.69, 9.17) is 20.2 Å². The average Bonchev–Trinajstić information content (AvgIpc) is 2.39. The van der Waals surface area contributed by atoms with Gasteiger partial charge in [-0.1, -0.05) is 0 Å². The zero-order valence-electron chi connectivity index (χ0n) is 11.1. The van der Waals surface area contributed by atoms with Gasteiger partial charge in [-0.05, 0) is 40.9 Å². The zero-order valence-corrected chi connectivity index (χ0v) is 14.3. The molecular weight excluding hydrogens is 387 g/mol. The molecule has 2 rings (SSSR count). The van der Waals surface area contributed by atoms with Gasteiger partial charge in [0, 0.05) is 35.4 Å². The second-order valence-corrected chi connectivity index (χ2v) is 8.79. The van der Waals surface area contributed by atoms with Crippen LogP contribution in [0.5, 0.6) is 5.75 Å². The lowest BCUT2D eigenvalue weighted by Gasteiger charge is -2.35. The smallest absolute Gasteiger partial charge is 0.233 e. The topological polar surface area (TPSA) is 52.6 Å². The Hall–Kier alpha value is -0.370. The number of rotatable bonds is 5. The van der Waals surface area contributed by atoms with Crippen molar-refractivity contribution in [1.29, 1.82) is 0 Å². The second kappa shape index (κ2) is 6.81. The van der Waals surface area contributed by atoms with Crippen LogP contribution in [0.2, 0.25) is 0 Å². The van der Waals surface area contributed by atoms with Gasteiger partial charge in [-0.25, -0.2) is 12.8 Å². The van der Waals surface area contributed by atoms with Crippen LogP contribution in [0.25, 0.3) is 0 Å². The number of ether oxygens (including phenoxy) is 2. The number of hydrogen-bond acceptors (Lipinski definition) is 4. The summed E-state index contributed by atoms with van der Waals surface area (Å²) in [5.41, 5.74) is -0.595. The zero-order chi connectivity index (χ0) is 15.5. The normalized spacial score (nSPS) is 18.4. The molecule has 0 aromatic heterocycles. The second-order valence-electron chi connectivity index (χ2n) is 5.16. The maximum absolute atomic E-state index is 13.4. The lowest BCUT2D eigenvalue weighted by molar-refractivity contribution is 0.00222. The van der Waals surface area contributed by atoms with Gasteiger partial charge in [-0.15, -0.1) is 0 Å². The Morgan fingerprint density at radius 3 is 2.62 bits per heavy atom. The minimum atomic E-state index is -3.65. The molecule has 1 aromatic carbocycles. The van der Waals surface area contributed by atoms with Crippen molar-refractivity contribution in [2.75, 3.05) is 25.6 Å². The molecule has 1 heterocycles. The van der Waals surface area contributed by atoms with Crippen LogP contribution in [0.1, 0.15) is 12.8 Å². The van der Waals surface area contributed by atoms with Crippen LogP contribution in [0, 0.1) is 11.2 Å². The van der Waals surface area contributed by atoms with Gasteiger partial charge in [0.05, 0.1) is 16.8 Å². The van der Waals surface area contributed by atoms with Gasteiger partial charge in [0.1, 0.15) is 11.6 Å². The summed E-state index contributed by atoms with van der Waals surface area (Å²) in [6.07, 6.45) is 1.08. The van der Waals surface area contributed by atoms with Crippen molar-refractivity contribution >= 4 is 35.7 Å². The maximum atomic E-state index is 13.4. The standard InChI is InChI=1S/C13H15BrClFO4S/c14-11-2-1-10(7-12(11)16)20-8-13(9-21(15,17)18)3-5-19-6-4-13/h1-2,7H,3-6,8-9H2. The van der Waals surface area contributed by atoms with E-state index in [1.54, 1.807) is 12.1 Å². The summed E-state index contributed by atoms with van der Waals surface area (Å²) in [5, 5.41) is 0. The van der Waals surface area contributed by atoms with Crippen LogP contribution in [-0.2, 0) is 13.8 Å². The van der Waals surface area contributed by atoms with Gasteiger partial charge in [0.2, 0.25) is 9.05 Å². The molecule has 4 nitrogen and oxygen atoms in total. The molecule has 0 saturated carbocycles. The summed E-state index contributed by atoms with van der Waals surface area (Å²) in [5.74, 6) is -0.253. The molecular formula is C13H15BrClFO4S. The van der Waals surface area contributed by atoms with Gasteiger partial charge >= 0.3 is 0 Å². The molecule has 0 aliphatic carbocycles. The predicted octanol–water partition coefficient (Wildman–Crippen LogP) is 3.33. The summed E-state index contributed by atoms with van der Waals surface area (Å²) in [7, 11) is 1.75. The summed E-state index contributed by atoms with van der Waals surface area (Å²) in [6.45, 7) is 1.08. The van der Waals surface area contributed by atoms with Gasteiger partial charge in [0.15, 0.2) is 0 Å². The Morgan fingerprint density at radius 1 is 1.38 bits per heavy atom. The Kier molecular flexibility index (Phi) is 5.51. The highest BCUT2D eigenvalue weighted by molar-refractivity contribution is 9.10. The van der Waals surface area contributed by atoms with Crippen molar-refractivity contribution in [2.45, 2.75) is 12.8 Å². The summed E-state index contributed by atoms with van der Waals surface area (Å²) in [4.78, 5) is 0. The van der Waals surface area contributed by atoms with Crippen molar-refractivity contribution in [3.8, 4) is 5.75 Å². The molecule has 0 unspecified atom stereocenters. The molecule has 0 radical (unpaired) electrons. The molecule has 0 amide bonds. The van der Waals surface area contributed by atoms with E-state index >= 15 is 0 Å². The number of benzene rings is 1. The monoisotopic (exact) mass is 400 g/mol. The van der Waals surface area contributed by atoms with Crippen LogP contribution < -0.4 is 4.74 Å². The molecule has 1 aromatic rings. The summed E-state index contributed by atoms with van der Waals surface area (Å²) >= 11 is 3.06. The molecule has 1 aliphatic rings. The molecule has 1 fully saturated rings. The molecule has 0 N–H and O–H groups in total. The highest BCUT2D eigenvalue weighted by Crippen LogP contribution is 2.34. The van der Waals surface area contributed by atoms with Crippen LogP contribution >= 0.6 is 26.6 Å². The van der Waals surface area contributed by atoms with Gasteiger partial charge < -0.3 is 9.47 Å². The van der Waals surface area contributed by atoms with E-state index in [-0.39, 0.29) is 12.4 Å². The van der Waals surface area contributed by atoms with E-state index in [0.29, 0.717) is 36.3 Å². The number of hydrogen-bond donors (Lipinski definition) is 0. The van der Waals surface area contributed by atoms with Crippen molar-refractivity contribution in [1.82, 2.24) is 0 Å². The van der Waals surface area contributed by atoms with Crippen LogP contribution in [-0.4, -0.2) is 34.0 Å². The molecule has 21 heavy (non-hydrogen) atoms. The van der Waals surface area contributed by atoms with E-state index in [0.717, 1.165) is 0 Å². The minimum Gasteiger partial charge on any atom is -0.493 e. The molecule has 1 aliphatic heterocycles. The first-order valence-electron chi connectivity index (χ1n) is 6.38. The largest absolute Gasteiger partial charge is 0.493 e. The fourth-order valence-electron chi connectivity index (χ4n) is 2.30. The third kappa shape index (κ3) is 5.09. The van der Waals surface area contributed by atoms with Crippen LogP contribution in [0.4, 0.5) is 4.39 Å². The summed E-state index contributed by atoms with van der Waals surface area (Å²) < 4.78 is 47.5. The third-order valence-corrected chi connectivity index (χ3v) is 5.40. The first-order chi connectivity index (χ1) is 9.80. The lowest BCUT2D eigenvalue weighted by atomic mass is 9.83. The molecule has 1 saturated heterocycles. The van der Waals surface area contributed by atoms with E-state index in [1.165, 1.54) is 6.07 Å². The fourth-order valence-corrected chi connectivity index (χ4v) is 4.35. The van der Waals surface area contributed by atoms with E-state index < -0.39 is 20.3 Å². The van der Waals surface area contributed by atoms with Gasteiger partial charge in [-0.2, -0.15) is 0 Å². The van der Waals surface area contributed by atoms with Crippen molar-refractivity contribution in [3.05, 3.63) is 28.5 Å². The minimum absolute atomic E-state index is 0.156. The van der Waals surface area contributed by atoms with E-state index in [9.17, 15) is 12.8 Å². The lowest BCUT2D eigenvalue weighted by Crippen LogP contribution is -2.40. The SMILES string of the molecule is O=S(=O)(Cl)CC1(COc2ccc(Br)c(F)c2)CCOCC1. The van der Waals surface area contributed by atoms with Gasteiger partial charge in [-0.3, -0.25) is 0 Å². The van der Waals surface area contributed by atoms with Crippen molar-refractivity contribution in [3.63, 3.8) is 0 Å². The van der Waals surface area contributed by atoms with E-state index in [1.807, 2.05) is 0 Å².